The van der Waals surface area contributed by atoms with Crippen LogP contribution in [-0.2, 0) is 37.1 Å². The number of anilines is 2. The minimum atomic E-state index is -4.61. The summed E-state index contributed by atoms with van der Waals surface area (Å²) < 4.78 is 43.0. The molecule has 23 nitrogen and oxygen atoms in total. The van der Waals surface area contributed by atoms with Gasteiger partial charge >= 0.3 is 7.82 Å². The highest BCUT2D eigenvalue weighted by molar-refractivity contribution is 7.46. The summed E-state index contributed by atoms with van der Waals surface area (Å²) in [4.78, 5) is 67.4. The fraction of sp³-hybridized carbons (Fsp3) is 0.520. The molecule has 3 aliphatic rings. The van der Waals surface area contributed by atoms with Crippen molar-refractivity contribution in [3.05, 3.63) is 75.1 Å². The Labute approximate surface area is 453 Å². The number of carbonyl (C=O) groups is 2. The smallest absolute Gasteiger partial charge is 0.469 e. The van der Waals surface area contributed by atoms with Crippen LogP contribution in [0.3, 0.4) is 0 Å². The Kier molecular flexibility index (Phi) is 19.9. The van der Waals surface area contributed by atoms with Crippen LogP contribution in [0.5, 0.6) is 11.6 Å². The number of benzene rings is 1. The lowest BCUT2D eigenvalue weighted by Crippen LogP contribution is -2.40. The molecular formula is C50H66FN14O9PS2. The van der Waals surface area contributed by atoms with Crippen LogP contribution >= 0.6 is 30.5 Å². The van der Waals surface area contributed by atoms with Gasteiger partial charge in [0.15, 0.2) is 0 Å². The van der Waals surface area contributed by atoms with Crippen molar-refractivity contribution in [1.29, 1.82) is 5.26 Å². The molecule has 5 aromatic heterocycles. The van der Waals surface area contributed by atoms with Crippen molar-refractivity contribution in [2.24, 2.45) is 0 Å². The number of phosphoric acid groups is 1. The van der Waals surface area contributed by atoms with E-state index in [4.69, 9.17) is 39.3 Å². The van der Waals surface area contributed by atoms with Gasteiger partial charge in [0.05, 0.1) is 52.0 Å². The van der Waals surface area contributed by atoms with Crippen molar-refractivity contribution in [2.45, 2.75) is 123 Å². The van der Waals surface area contributed by atoms with Gasteiger partial charge in [-0.1, -0.05) is 35.7 Å². The molecule has 0 saturated carbocycles. The normalized spacial score (nSPS) is 19.0. The molecule has 27 heteroatoms. The van der Waals surface area contributed by atoms with Crippen molar-refractivity contribution in [1.82, 2.24) is 55.2 Å². The Morgan fingerprint density at radius 2 is 1.96 bits per heavy atom. The minimum absolute atomic E-state index is 0.0500. The number of rotatable bonds is 17. The van der Waals surface area contributed by atoms with Gasteiger partial charge in [0, 0.05) is 60.0 Å². The molecule has 2 aliphatic heterocycles. The predicted octanol–water partition coefficient (Wildman–Crippen LogP) is 6.93. The number of aromatic hydroxyl groups is 1. The number of nitriles is 1. The number of nitrogens with two attached hydrogens (primary N) is 1. The Morgan fingerprint density at radius 1 is 1.17 bits per heavy atom. The Balaban J connectivity index is 0.000000326. The van der Waals surface area contributed by atoms with Crippen LogP contribution in [0.1, 0.15) is 119 Å². The molecule has 4 unspecified atom stereocenters. The number of phosphoric ester groups is 1. The molecule has 0 radical (unpaired) electrons. The Morgan fingerprint density at radius 3 is 2.69 bits per heavy atom. The number of halogens is 1. The molecule has 4 atom stereocenters. The molecule has 2 fully saturated rings. The predicted molar refractivity (Wildman–Crippen MR) is 286 cm³/mol. The van der Waals surface area contributed by atoms with Crippen LogP contribution in [-0.4, -0.2) is 135 Å². The SMILES string of the molecule is CC1CN(CCCCOc2cn(CC(=O)N3CCC(OP(=O)(O)O)C3)nn2)CCCN1c1nccc(-c2noc(C3(C)CCCc4sc(N)c(C#N)c43)n2)n1.CCC.Cc1ncsc1-c1cc(O)c(C(C)NC=O)cc1F. The fourth-order valence-corrected chi connectivity index (χ4v) is 12.2. The largest absolute Gasteiger partial charge is 0.508 e. The molecule has 77 heavy (non-hydrogen) atoms. The number of phenols is 1. The number of nitrogen functional groups attached to an aromatic ring is 1. The average Bonchev–Trinajstić information content (AvgIpc) is 4.25. The van der Waals surface area contributed by atoms with Crippen LogP contribution in [0.25, 0.3) is 22.0 Å². The third-order valence-electron chi connectivity index (χ3n) is 13.3. The first-order valence-electron chi connectivity index (χ1n) is 25.5. The van der Waals surface area contributed by atoms with E-state index in [9.17, 15) is 28.9 Å². The highest BCUT2D eigenvalue weighted by Gasteiger charge is 2.43. The van der Waals surface area contributed by atoms with Gasteiger partial charge in [0.25, 0.3) is 5.88 Å². The first-order valence-corrected chi connectivity index (χ1v) is 28.7. The summed E-state index contributed by atoms with van der Waals surface area (Å²) in [5.41, 5.74) is 10.6. The highest BCUT2D eigenvalue weighted by Crippen LogP contribution is 2.49. The third-order valence-corrected chi connectivity index (χ3v) is 15.9. The number of phenolic OH excluding ortho intramolecular Hbond substituents is 1. The van der Waals surface area contributed by atoms with Crippen LogP contribution in [0.4, 0.5) is 15.3 Å². The number of carbonyl (C=O) groups excluding carboxylic acids is 2. The maximum Gasteiger partial charge on any atom is 0.469 e. The van der Waals surface area contributed by atoms with Crippen molar-refractivity contribution in [3.63, 3.8) is 0 Å². The highest BCUT2D eigenvalue weighted by atomic mass is 32.1. The van der Waals surface area contributed by atoms with Gasteiger partial charge in [0.2, 0.25) is 30.0 Å². The fourth-order valence-electron chi connectivity index (χ4n) is 9.58. The van der Waals surface area contributed by atoms with E-state index in [2.05, 4.69) is 67.4 Å². The van der Waals surface area contributed by atoms with E-state index in [1.165, 1.54) is 50.8 Å². The first kappa shape index (κ1) is 58.2. The lowest BCUT2D eigenvalue weighted by Gasteiger charge is -2.30. The maximum atomic E-state index is 14.1. The number of aromatic nitrogens is 8. The summed E-state index contributed by atoms with van der Waals surface area (Å²) in [6.07, 6.45) is 9.98. The number of hydrogen-bond acceptors (Lipinski definition) is 20. The molecule has 414 valence electrons. The number of unbranched alkanes of at least 4 members (excludes halogenated alkanes) is 1. The number of fused-ring (bicyclic) bond motifs is 1. The molecule has 6 aromatic rings. The zero-order valence-corrected chi connectivity index (χ0v) is 46.5. The maximum absolute atomic E-state index is 14.1. The van der Waals surface area contributed by atoms with Gasteiger partial charge in [-0.3, -0.25) is 14.1 Å². The zero-order chi connectivity index (χ0) is 55.4. The van der Waals surface area contributed by atoms with E-state index < -0.39 is 31.2 Å². The Bertz CT molecular complexity index is 3050. The number of nitrogens with zero attached hydrogens (tertiary/aromatic N) is 12. The summed E-state index contributed by atoms with van der Waals surface area (Å²) in [7, 11) is -4.61. The molecule has 6 N–H and O–H groups in total. The summed E-state index contributed by atoms with van der Waals surface area (Å²) >= 11 is 2.79. The lowest BCUT2D eigenvalue weighted by atomic mass is 9.72. The van der Waals surface area contributed by atoms with Crippen molar-refractivity contribution < 1.29 is 47.2 Å². The van der Waals surface area contributed by atoms with Crippen LogP contribution < -0.4 is 20.7 Å². The quantitative estimate of drug-likeness (QED) is 0.0351. The third kappa shape index (κ3) is 14.6. The molecule has 2 amide bonds. The van der Waals surface area contributed by atoms with Gasteiger partial charge in [-0.2, -0.15) is 10.2 Å². The zero-order valence-electron chi connectivity index (χ0n) is 44.0. The number of nitrogens with one attached hydrogen (secondary N) is 1. The van der Waals surface area contributed by atoms with E-state index >= 15 is 0 Å². The number of amides is 2. The monoisotopic (exact) mass is 1120 g/mol. The number of aryl methyl sites for hydroxylation is 2. The average molecular weight is 1120 g/mol. The van der Waals surface area contributed by atoms with Crippen molar-refractivity contribution in [2.75, 3.05) is 56.5 Å². The molecule has 9 rings (SSSR count). The van der Waals surface area contributed by atoms with E-state index in [0.717, 1.165) is 80.8 Å². The number of ether oxygens (including phenoxy) is 1. The van der Waals surface area contributed by atoms with Crippen LogP contribution in [0.2, 0.25) is 0 Å². The van der Waals surface area contributed by atoms with Gasteiger partial charge in [-0.05, 0) is 104 Å². The van der Waals surface area contributed by atoms with Crippen molar-refractivity contribution >= 4 is 53.8 Å². The number of likely N-dealkylation sites (tertiary alicyclic amines) is 1. The van der Waals surface area contributed by atoms with Crippen molar-refractivity contribution in [3.8, 4) is 39.7 Å². The second kappa shape index (κ2) is 26.3. The molecular weight excluding hydrogens is 1050 g/mol. The summed E-state index contributed by atoms with van der Waals surface area (Å²) in [5, 5.41) is 35.1. The minimum Gasteiger partial charge on any atom is -0.508 e. The summed E-state index contributed by atoms with van der Waals surface area (Å²) in [6.45, 7) is 16.3. The van der Waals surface area contributed by atoms with Crippen LogP contribution in [0, 0.1) is 24.1 Å². The molecule has 1 aromatic carbocycles. The van der Waals surface area contributed by atoms with Gasteiger partial charge in [-0.25, -0.2) is 28.6 Å². The van der Waals surface area contributed by atoms with Gasteiger partial charge < -0.3 is 49.9 Å². The number of thiazole rings is 1. The number of thiophene rings is 1. The molecule has 1 aliphatic carbocycles. The lowest BCUT2D eigenvalue weighted by molar-refractivity contribution is -0.131. The number of hydrogen-bond donors (Lipinski definition) is 5. The standard InChI is InChI=1S/C34H45N12O7PS.C13H13FN2O2S.C3H8/c1-22-18-43(12-3-4-16-51-27-20-45(42-40-27)21-28(47)44-15-9-23(19-44)53-54(48,49)50)13-6-14-46(22)33-37-11-8-25(38-33)31-39-32(52-41-31)34(2)10-5-7-26-29(34)24(17-35)30(36)55-26;1-7(15-5-17)9-3-11(14)10(4-12(9)18)13-8(2)16-6-19-13;1-3-2/h8,11,20,22-23H,3-7,9-10,12-16,18-19,21,36H2,1-2H3,(H2,48,49,50);3-7,18H,1-2H3,(H,15,17);3H2,1-2H3. The molecule has 0 spiro atoms. The second-order valence-electron chi connectivity index (χ2n) is 19.3. The van der Waals surface area contributed by atoms with Crippen LogP contribution in [0.15, 0.2) is 40.6 Å². The molecule has 2 saturated heterocycles. The van der Waals surface area contributed by atoms with E-state index in [0.29, 0.717) is 81.8 Å². The van der Waals surface area contributed by atoms with E-state index in [1.54, 1.807) is 37.8 Å². The second-order valence-corrected chi connectivity index (χ2v) is 22.5. The van der Waals surface area contributed by atoms with E-state index in [-0.39, 0.29) is 30.8 Å². The summed E-state index contributed by atoms with van der Waals surface area (Å²) in [5.74, 6) is 1.03. The van der Waals surface area contributed by atoms with Gasteiger partial charge in [0.1, 0.15) is 34.9 Å². The van der Waals surface area contributed by atoms with Gasteiger partial charge in [-0.15, -0.1) is 22.7 Å². The topological polar surface area (TPSA) is 310 Å². The van der Waals surface area contributed by atoms with E-state index in [1.807, 2.05) is 6.92 Å². The molecule has 7 heterocycles. The first-order chi connectivity index (χ1) is 36.9. The molecule has 0 bridgehead atoms. The Hall–Kier alpha value is -6.46. The summed E-state index contributed by atoms with van der Waals surface area (Å²) in [6, 6.07) is 6.39.